The van der Waals surface area contributed by atoms with Crippen LogP contribution in [0, 0.1) is 0 Å². The smallest absolute Gasteiger partial charge is 0.451 e. The molecule has 0 amide bonds. The van der Waals surface area contributed by atoms with Gasteiger partial charge in [-0.2, -0.15) is 0 Å². The van der Waals surface area contributed by atoms with Gasteiger partial charge in [0.05, 0.1) is 0 Å². The van der Waals surface area contributed by atoms with Crippen molar-refractivity contribution in [1.29, 1.82) is 0 Å². The molecular formula is C9H18AlCl3O3. The SMILES string of the molecule is CC(CCl)[O][Al]([O]C(C)CCl)[O]C(C)CCl. The second kappa shape index (κ2) is 10.2. The molecule has 3 nitrogen and oxygen atoms in total. The van der Waals surface area contributed by atoms with Gasteiger partial charge in [-0.15, -0.1) is 34.8 Å². The molecule has 0 aromatic rings. The summed E-state index contributed by atoms with van der Waals surface area (Å²) in [5.41, 5.74) is 0. The lowest BCUT2D eigenvalue weighted by Crippen LogP contribution is -2.38. The van der Waals surface area contributed by atoms with Gasteiger partial charge in [-0.3, -0.25) is 0 Å². The summed E-state index contributed by atoms with van der Waals surface area (Å²) >= 11 is 14.8. The van der Waals surface area contributed by atoms with Crippen molar-refractivity contribution in [3.8, 4) is 0 Å². The Morgan fingerprint density at radius 3 is 1.19 bits per heavy atom. The van der Waals surface area contributed by atoms with Crippen LogP contribution in [0.2, 0.25) is 0 Å². The highest BCUT2D eigenvalue weighted by molar-refractivity contribution is 6.37. The van der Waals surface area contributed by atoms with Crippen LogP contribution in [-0.4, -0.2) is 51.1 Å². The second-order valence-electron chi connectivity index (χ2n) is 3.59. The molecule has 3 unspecified atom stereocenters. The van der Waals surface area contributed by atoms with Crippen molar-refractivity contribution in [2.24, 2.45) is 0 Å². The largest absolute Gasteiger partial charge is 0.906 e. The lowest BCUT2D eigenvalue weighted by Gasteiger charge is -2.22. The molecule has 0 aromatic heterocycles. The maximum atomic E-state index is 5.67. The summed E-state index contributed by atoms with van der Waals surface area (Å²) < 4.78 is 16.8. The minimum atomic E-state index is -2.21. The molecule has 0 aliphatic heterocycles. The van der Waals surface area contributed by atoms with Crippen LogP contribution in [0.25, 0.3) is 0 Å². The predicted octanol–water partition coefficient (Wildman–Crippen LogP) is 2.90. The van der Waals surface area contributed by atoms with Gasteiger partial charge in [-0.25, -0.2) is 0 Å². The summed E-state index contributed by atoms with van der Waals surface area (Å²) in [7, 11) is 0. The lowest BCUT2D eigenvalue weighted by atomic mass is 10.5. The molecule has 0 saturated heterocycles. The third kappa shape index (κ3) is 8.38. The van der Waals surface area contributed by atoms with Crippen LogP contribution in [0.1, 0.15) is 20.8 Å². The Morgan fingerprint density at radius 2 is 1.00 bits per heavy atom. The fourth-order valence-corrected chi connectivity index (χ4v) is 2.98. The van der Waals surface area contributed by atoms with Crippen molar-refractivity contribution in [2.45, 2.75) is 39.1 Å². The van der Waals surface area contributed by atoms with Gasteiger partial charge in [-0.1, -0.05) is 0 Å². The van der Waals surface area contributed by atoms with Gasteiger partial charge in [0.1, 0.15) is 0 Å². The van der Waals surface area contributed by atoms with Gasteiger partial charge < -0.3 is 11.4 Å². The molecule has 0 aliphatic carbocycles. The van der Waals surface area contributed by atoms with E-state index < -0.39 is 15.1 Å². The van der Waals surface area contributed by atoms with E-state index in [4.69, 9.17) is 46.2 Å². The van der Waals surface area contributed by atoms with Crippen LogP contribution in [0.3, 0.4) is 0 Å². The highest BCUT2D eigenvalue weighted by atomic mass is 35.5. The quantitative estimate of drug-likeness (QED) is 0.484. The summed E-state index contributed by atoms with van der Waals surface area (Å²) in [5.74, 6) is 1.21. The van der Waals surface area contributed by atoms with E-state index in [1.807, 2.05) is 20.8 Å². The lowest BCUT2D eigenvalue weighted by molar-refractivity contribution is 0.0357. The van der Waals surface area contributed by atoms with E-state index in [9.17, 15) is 0 Å². The van der Waals surface area contributed by atoms with Crippen molar-refractivity contribution in [3.63, 3.8) is 0 Å². The summed E-state index contributed by atoms with van der Waals surface area (Å²) in [6, 6.07) is 0. The summed E-state index contributed by atoms with van der Waals surface area (Å²) in [6.45, 7) is 5.61. The topological polar surface area (TPSA) is 27.7 Å². The van der Waals surface area contributed by atoms with E-state index in [2.05, 4.69) is 0 Å². The third-order valence-corrected chi connectivity index (χ3v) is 5.05. The number of halogens is 3. The highest BCUT2D eigenvalue weighted by Gasteiger charge is 2.36. The van der Waals surface area contributed by atoms with Gasteiger partial charge in [0.15, 0.2) is 0 Å². The first-order valence-corrected chi connectivity index (χ1v) is 8.19. The van der Waals surface area contributed by atoms with Crippen molar-refractivity contribution < 1.29 is 11.4 Å². The van der Waals surface area contributed by atoms with Crippen molar-refractivity contribution in [1.82, 2.24) is 0 Å². The van der Waals surface area contributed by atoms with Gasteiger partial charge in [0, 0.05) is 36.0 Å². The molecule has 96 valence electrons. The zero-order valence-corrected chi connectivity index (χ0v) is 13.2. The minimum absolute atomic E-state index is 0.0941. The molecule has 0 N–H and O–H groups in total. The molecule has 0 aliphatic rings. The standard InChI is InChI=1S/3C3H6ClO.Al/c3*1-3(5)2-4;/h3*3H,2H2,1H3;/q3*-1;+3. The third-order valence-electron chi connectivity index (χ3n) is 1.68. The number of alkyl halides is 3. The van der Waals surface area contributed by atoms with Crippen LogP contribution >= 0.6 is 34.8 Å². The molecule has 0 radical (unpaired) electrons. The van der Waals surface area contributed by atoms with E-state index >= 15 is 0 Å². The van der Waals surface area contributed by atoms with Crippen LogP contribution in [0.15, 0.2) is 0 Å². The Bertz CT molecular complexity index is 148. The summed E-state index contributed by atoms with van der Waals surface area (Å²) in [6.07, 6.45) is -0.282. The van der Waals surface area contributed by atoms with Crippen LogP contribution in [0.5, 0.6) is 0 Å². The Morgan fingerprint density at radius 1 is 0.750 bits per heavy atom. The van der Waals surface area contributed by atoms with Crippen molar-refractivity contribution >= 4 is 50.0 Å². The average molecular weight is 308 g/mol. The van der Waals surface area contributed by atoms with E-state index in [0.717, 1.165) is 0 Å². The molecule has 16 heavy (non-hydrogen) atoms. The molecule has 0 aromatic carbocycles. The molecule has 7 heteroatoms. The molecule has 0 saturated carbocycles. The molecule has 0 spiro atoms. The Hall–Kier alpha value is 1.28. The zero-order chi connectivity index (χ0) is 12.6. The Balaban J connectivity index is 4.15. The molecule has 0 heterocycles. The van der Waals surface area contributed by atoms with Gasteiger partial charge in [-0.05, 0) is 20.8 Å². The monoisotopic (exact) mass is 306 g/mol. The fourth-order valence-electron chi connectivity index (χ4n) is 0.774. The number of rotatable bonds is 9. The molecular weight excluding hydrogens is 289 g/mol. The van der Waals surface area contributed by atoms with Gasteiger partial charge in [0.2, 0.25) is 0 Å². The van der Waals surface area contributed by atoms with Crippen molar-refractivity contribution in [2.75, 3.05) is 17.6 Å². The number of hydrogen-bond acceptors (Lipinski definition) is 3. The molecule has 0 fully saturated rings. The highest BCUT2D eigenvalue weighted by Crippen LogP contribution is 2.08. The average Bonchev–Trinajstić information content (AvgIpc) is 2.28. The van der Waals surface area contributed by atoms with E-state index in [-0.39, 0.29) is 18.3 Å². The first-order chi connectivity index (χ1) is 7.53. The van der Waals surface area contributed by atoms with Crippen LogP contribution < -0.4 is 0 Å². The summed E-state index contributed by atoms with van der Waals surface area (Å²) in [4.78, 5) is 0. The minimum Gasteiger partial charge on any atom is -0.451 e. The van der Waals surface area contributed by atoms with Crippen LogP contribution in [-0.2, 0) is 11.4 Å². The van der Waals surface area contributed by atoms with Crippen LogP contribution in [0.4, 0.5) is 0 Å². The van der Waals surface area contributed by atoms with E-state index in [1.165, 1.54) is 0 Å². The van der Waals surface area contributed by atoms with Gasteiger partial charge >= 0.3 is 15.1 Å². The predicted molar refractivity (Wildman–Crippen MR) is 69.6 cm³/mol. The van der Waals surface area contributed by atoms with Crippen molar-refractivity contribution in [3.05, 3.63) is 0 Å². The van der Waals surface area contributed by atoms with E-state index in [0.29, 0.717) is 17.6 Å². The van der Waals surface area contributed by atoms with Gasteiger partial charge in [0.25, 0.3) is 0 Å². The molecule has 0 rings (SSSR count). The first kappa shape index (κ1) is 17.3. The van der Waals surface area contributed by atoms with E-state index in [1.54, 1.807) is 0 Å². The second-order valence-corrected chi connectivity index (χ2v) is 5.91. The maximum Gasteiger partial charge on any atom is 0.906 e. The Kier molecular flexibility index (Phi) is 11.0. The zero-order valence-electron chi connectivity index (χ0n) is 9.79. The fraction of sp³-hybridized carbons (Fsp3) is 1.00. The Labute approximate surface area is 118 Å². The molecule has 3 atom stereocenters. The summed E-state index contributed by atoms with van der Waals surface area (Å²) in [5, 5.41) is 0. The first-order valence-electron chi connectivity index (χ1n) is 5.17. The molecule has 0 bridgehead atoms. The number of hydrogen-bond donors (Lipinski definition) is 0. The normalized spacial score (nSPS) is 16.9. The maximum absolute atomic E-state index is 5.67.